The van der Waals surface area contributed by atoms with E-state index in [4.69, 9.17) is 17.3 Å². The van der Waals surface area contributed by atoms with E-state index in [2.05, 4.69) is 0 Å². The second kappa shape index (κ2) is 7.23. The predicted molar refractivity (Wildman–Crippen MR) is 95.9 cm³/mol. The van der Waals surface area contributed by atoms with Crippen LogP contribution < -0.4 is 16.7 Å². The van der Waals surface area contributed by atoms with E-state index in [0.717, 1.165) is 5.56 Å². The second-order valence-corrected chi connectivity index (χ2v) is 5.32. The number of nitrogens with zero attached hydrogens (tertiary/aromatic N) is 2. The molecule has 2 aromatic heterocycles. The number of pyridine rings is 1. The normalized spacial score (nSPS) is 10.3. The summed E-state index contributed by atoms with van der Waals surface area (Å²) in [6.45, 7) is 4.27. The number of hydrogen-bond acceptors (Lipinski definition) is 4. The van der Waals surface area contributed by atoms with Crippen LogP contribution in [-0.4, -0.2) is 14.1 Å². The van der Waals surface area contributed by atoms with Crippen molar-refractivity contribution in [2.45, 2.75) is 20.4 Å². The fourth-order valence-electron chi connectivity index (χ4n) is 2.28. The van der Waals surface area contributed by atoms with E-state index in [1.54, 1.807) is 30.6 Å². The molecular weight excluding hydrogens is 330 g/mol. The third kappa shape index (κ3) is 3.28. The van der Waals surface area contributed by atoms with Crippen LogP contribution in [0.1, 0.15) is 19.4 Å². The van der Waals surface area contributed by atoms with E-state index in [9.17, 15) is 14.7 Å². The summed E-state index contributed by atoms with van der Waals surface area (Å²) in [4.78, 5) is 24.2. The van der Waals surface area contributed by atoms with E-state index < -0.39 is 16.7 Å². The molecule has 126 valence electrons. The van der Waals surface area contributed by atoms with Crippen LogP contribution in [0.4, 0.5) is 5.69 Å². The van der Waals surface area contributed by atoms with Crippen LogP contribution in [0.5, 0.6) is 5.75 Å². The number of rotatable bonds is 2. The number of aromatic hydroxyl groups is 1. The molecule has 0 aliphatic heterocycles. The van der Waals surface area contributed by atoms with Gasteiger partial charge < -0.3 is 19.8 Å². The minimum Gasteiger partial charge on any atom is -0.502 e. The second-order valence-electron chi connectivity index (χ2n) is 4.88. The molecule has 0 aliphatic carbocycles. The first-order chi connectivity index (χ1) is 11.5. The molecule has 0 unspecified atom stereocenters. The van der Waals surface area contributed by atoms with Gasteiger partial charge in [-0.2, -0.15) is 0 Å². The maximum absolute atomic E-state index is 12.5. The van der Waals surface area contributed by atoms with Gasteiger partial charge in [-0.05, 0) is 17.7 Å². The first kappa shape index (κ1) is 17.6. The number of benzene rings is 1. The number of nitrogens with two attached hydrogens (primary N) is 1. The number of aromatic nitrogens is 2. The predicted octanol–water partition coefficient (Wildman–Crippen LogP) is 2.48. The molecule has 0 bridgehead atoms. The van der Waals surface area contributed by atoms with Crippen molar-refractivity contribution in [2.75, 3.05) is 5.73 Å². The molecular formula is C17H18ClN3O3. The Kier molecular flexibility index (Phi) is 5.31. The summed E-state index contributed by atoms with van der Waals surface area (Å²) in [7, 11) is 0. The van der Waals surface area contributed by atoms with Gasteiger partial charge in [0.05, 0.1) is 6.54 Å². The molecule has 0 spiro atoms. The van der Waals surface area contributed by atoms with Gasteiger partial charge in [0.15, 0.2) is 11.3 Å². The van der Waals surface area contributed by atoms with Gasteiger partial charge in [-0.15, -0.1) is 0 Å². The maximum Gasteiger partial charge on any atom is 0.279 e. The van der Waals surface area contributed by atoms with Gasteiger partial charge in [-0.3, -0.25) is 9.59 Å². The highest BCUT2D eigenvalue weighted by Gasteiger charge is 2.13. The molecule has 1 aromatic carbocycles. The number of hydrogen-bond donors (Lipinski definition) is 2. The molecule has 0 amide bonds. The Morgan fingerprint density at radius 1 is 1.21 bits per heavy atom. The van der Waals surface area contributed by atoms with Crippen LogP contribution in [0, 0.1) is 0 Å². The Labute approximate surface area is 143 Å². The molecule has 3 N–H and O–H groups in total. The third-order valence-electron chi connectivity index (χ3n) is 3.35. The zero-order valence-corrected chi connectivity index (χ0v) is 14.1. The minimum absolute atomic E-state index is 0.108. The lowest BCUT2D eigenvalue weighted by atomic mass is 10.2. The van der Waals surface area contributed by atoms with Crippen molar-refractivity contribution >= 4 is 22.8 Å². The van der Waals surface area contributed by atoms with Crippen molar-refractivity contribution < 1.29 is 5.11 Å². The lowest BCUT2D eigenvalue weighted by Gasteiger charge is -2.10. The quantitative estimate of drug-likeness (QED) is 0.745. The molecule has 3 aromatic rings. The van der Waals surface area contributed by atoms with Gasteiger partial charge in [0, 0.05) is 23.6 Å². The summed E-state index contributed by atoms with van der Waals surface area (Å²) in [5, 5.41) is 10.5. The van der Waals surface area contributed by atoms with E-state index in [1.165, 1.54) is 15.2 Å². The molecule has 24 heavy (non-hydrogen) atoms. The fourth-order valence-corrected chi connectivity index (χ4v) is 2.49. The van der Waals surface area contributed by atoms with Crippen LogP contribution in [-0.2, 0) is 6.54 Å². The van der Waals surface area contributed by atoms with Crippen LogP contribution in [0.15, 0.2) is 52.4 Å². The lowest BCUT2D eigenvalue weighted by Crippen LogP contribution is -2.24. The monoisotopic (exact) mass is 347 g/mol. The molecule has 7 heteroatoms. The van der Waals surface area contributed by atoms with Gasteiger partial charge >= 0.3 is 0 Å². The van der Waals surface area contributed by atoms with Crippen LogP contribution >= 0.6 is 11.6 Å². The van der Waals surface area contributed by atoms with Crippen molar-refractivity contribution in [3.63, 3.8) is 0 Å². The highest BCUT2D eigenvalue weighted by molar-refractivity contribution is 6.30. The van der Waals surface area contributed by atoms with Gasteiger partial charge in [0.2, 0.25) is 5.43 Å². The fraction of sp³-hybridized carbons (Fsp3) is 0.176. The molecule has 0 aliphatic rings. The topological polar surface area (TPSA) is 89.7 Å². The first-order valence-corrected chi connectivity index (χ1v) is 7.82. The van der Waals surface area contributed by atoms with Crippen molar-refractivity contribution in [3.8, 4) is 5.75 Å². The summed E-state index contributed by atoms with van der Waals surface area (Å²) in [6, 6.07) is 7.10. The molecule has 0 saturated heterocycles. The Bertz CT molecular complexity index is 993. The van der Waals surface area contributed by atoms with E-state index >= 15 is 0 Å². The largest absolute Gasteiger partial charge is 0.502 e. The standard InChI is InChI=1S/C15H12ClN3O3.C2H6/c16-10-3-1-2-9(6-10)7-19-5-4-18-8-11(17)13(20)14(21)12(18)15(19)22;1-2/h1-6,8,21H,7,17H2;1-2H3. The molecule has 0 fully saturated rings. The highest BCUT2D eigenvalue weighted by atomic mass is 35.5. The number of fused-ring (bicyclic) bond motifs is 1. The van der Waals surface area contributed by atoms with Gasteiger partial charge in [0.25, 0.3) is 5.56 Å². The van der Waals surface area contributed by atoms with Crippen LogP contribution in [0.2, 0.25) is 5.02 Å². The summed E-state index contributed by atoms with van der Waals surface area (Å²) in [5.41, 5.74) is 4.86. The zero-order valence-electron chi connectivity index (χ0n) is 13.4. The Morgan fingerprint density at radius 3 is 2.58 bits per heavy atom. The molecule has 0 saturated carbocycles. The SMILES string of the molecule is CC.Nc1cn2ccn(Cc3cccc(Cl)c3)c(=O)c2c(O)c1=O. The van der Waals surface area contributed by atoms with Crippen molar-refractivity contribution in [1.29, 1.82) is 0 Å². The van der Waals surface area contributed by atoms with Crippen LogP contribution in [0.3, 0.4) is 0 Å². The van der Waals surface area contributed by atoms with Crippen LogP contribution in [0.25, 0.3) is 5.52 Å². The Morgan fingerprint density at radius 2 is 1.92 bits per heavy atom. The highest BCUT2D eigenvalue weighted by Crippen LogP contribution is 2.14. The van der Waals surface area contributed by atoms with Crippen molar-refractivity contribution in [2.24, 2.45) is 0 Å². The number of anilines is 1. The molecule has 2 heterocycles. The van der Waals surface area contributed by atoms with E-state index in [-0.39, 0.29) is 17.7 Å². The number of nitrogen functional groups attached to an aromatic ring is 1. The van der Waals surface area contributed by atoms with E-state index in [0.29, 0.717) is 5.02 Å². The summed E-state index contributed by atoms with van der Waals surface area (Å²) >= 11 is 5.92. The third-order valence-corrected chi connectivity index (χ3v) is 3.59. The average Bonchev–Trinajstić information content (AvgIpc) is 2.57. The summed E-state index contributed by atoms with van der Waals surface area (Å²) in [6.07, 6.45) is 4.42. The van der Waals surface area contributed by atoms with Crippen molar-refractivity contribution in [1.82, 2.24) is 8.97 Å². The zero-order chi connectivity index (χ0) is 17.9. The maximum atomic E-state index is 12.5. The van der Waals surface area contributed by atoms with Gasteiger partial charge in [-0.1, -0.05) is 37.6 Å². The molecule has 0 radical (unpaired) electrons. The van der Waals surface area contributed by atoms with Gasteiger partial charge in [-0.25, -0.2) is 0 Å². The van der Waals surface area contributed by atoms with E-state index in [1.807, 2.05) is 19.9 Å². The summed E-state index contributed by atoms with van der Waals surface area (Å²) in [5.74, 6) is -0.648. The van der Waals surface area contributed by atoms with Gasteiger partial charge in [0.1, 0.15) is 5.69 Å². The Hall–Kier alpha value is -2.73. The minimum atomic E-state index is -0.752. The van der Waals surface area contributed by atoms with Crippen molar-refractivity contribution in [3.05, 3.63) is 74.0 Å². The molecule has 3 rings (SSSR count). The number of halogens is 1. The molecule has 6 nitrogen and oxygen atoms in total. The first-order valence-electron chi connectivity index (χ1n) is 7.44. The molecule has 0 atom stereocenters. The average molecular weight is 348 g/mol. The lowest BCUT2D eigenvalue weighted by molar-refractivity contribution is 0.472. The smallest absolute Gasteiger partial charge is 0.279 e. The summed E-state index contributed by atoms with van der Waals surface area (Å²) < 4.78 is 2.72. The Balaban J connectivity index is 0.00000100.